The Kier molecular flexibility index (Phi) is 9.27. The third kappa shape index (κ3) is 6.57. The maximum Gasteiger partial charge on any atom is 0.417 e. The number of esters is 1. The summed E-state index contributed by atoms with van der Waals surface area (Å²) in [5, 5.41) is 2.78. The van der Waals surface area contributed by atoms with E-state index in [1.165, 1.54) is 50.4 Å². The lowest BCUT2D eigenvalue weighted by molar-refractivity contribution is -0.146. The van der Waals surface area contributed by atoms with Crippen molar-refractivity contribution in [1.29, 1.82) is 0 Å². The topological polar surface area (TPSA) is 77.4 Å². The van der Waals surface area contributed by atoms with Crippen LogP contribution in [0.4, 0.5) is 13.2 Å². The molecule has 2 aromatic carbocycles. The SMILES string of the molecule is CCCOC(=O)[C@H](Cc1ccc(-c2c(C(F)(F)F)cc(C)n(C)c2=O)cc1)NC(=O)c1c(Cl)cccc1Cl. The third-order valence-corrected chi connectivity index (χ3v) is 6.52. The Bertz CT molecular complexity index is 1380. The summed E-state index contributed by atoms with van der Waals surface area (Å²) < 4.78 is 47.5. The summed E-state index contributed by atoms with van der Waals surface area (Å²) in [5.74, 6) is -1.38. The van der Waals surface area contributed by atoms with Crippen LogP contribution >= 0.6 is 23.2 Å². The first-order chi connectivity index (χ1) is 17.8. The summed E-state index contributed by atoms with van der Waals surface area (Å²) in [6, 6.07) is 10.1. The average Bonchev–Trinajstić information content (AvgIpc) is 2.85. The number of hydrogen-bond donors (Lipinski definition) is 1. The molecule has 38 heavy (non-hydrogen) atoms. The molecule has 6 nitrogen and oxygen atoms in total. The highest BCUT2D eigenvalue weighted by molar-refractivity contribution is 6.39. The Hall–Kier alpha value is -3.30. The number of benzene rings is 2. The Morgan fingerprint density at radius 2 is 1.68 bits per heavy atom. The number of hydrogen-bond acceptors (Lipinski definition) is 4. The van der Waals surface area contributed by atoms with Crippen LogP contribution in [-0.2, 0) is 29.2 Å². The van der Waals surface area contributed by atoms with Gasteiger partial charge in [-0.2, -0.15) is 13.2 Å². The molecule has 0 saturated carbocycles. The Balaban J connectivity index is 1.94. The fourth-order valence-electron chi connectivity index (χ4n) is 3.81. The number of rotatable bonds is 8. The number of aryl methyl sites for hydroxylation is 1. The molecule has 0 aliphatic rings. The van der Waals surface area contributed by atoms with E-state index >= 15 is 0 Å². The molecule has 1 atom stereocenters. The molecule has 0 radical (unpaired) electrons. The van der Waals surface area contributed by atoms with E-state index in [9.17, 15) is 27.6 Å². The number of pyridine rings is 1. The van der Waals surface area contributed by atoms with Crippen molar-refractivity contribution in [2.45, 2.75) is 38.9 Å². The number of carbonyl (C=O) groups excluding carboxylic acids is 2. The van der Waals surface area contributed by atoms with E-state index in [-0.39, 0.29) is 39.9 Å². The molecule has 1 aromatic heterocycles. The zero-order valence-electron chi connectivity index (χ0n) is 20.8. The van der Waals surface area contributed by atoms with Crippen molar-refractivity contribution in [3.8, 4) is 11.1 Å². The van der Waals surface area contributed by atoms with E-state index in [1.54, 1.807) is 6.07 Å². The second-order valence-electron chi connectivity index (χ2n) is 8.63. The summed E-state index contributed by atoms with van der Waals surface area (Å²) in [7, 11) is 1.40. The van der Waals surface area contributed by atoms with Gasteiger partial charge in [0, 0.05) is 19.2 Å². The molecule has 0 aliphatic carbocycles. The minimum atomic E-state index is -4.73. The first-order valence-corrected chi connectivity index (χ1v) is 12.4. The van der Waals surface area contributed by atoms with Gasteiger partial charge in [0.05, 0.1) is 33.3 Å². The average molecular weight is 569 g/mol. The quantitative estimate of drug-likeness (QED) is 0.339. The maximum absolute atomic E-state index is 13.7. The van der Waals surface area contributed by atoms with Crippen molar-refractivity contribution in [3.05, 3.63) is 91.3 Å². The fraction of sp³-hybridized carbons (Fsp3) is 0.296. The Labute approximate surface area is 227 Å². The number of halogens is 5. The molecule has 0 fully saturated rings. The van der Waals surface area contributed by atoms with Crippen molar-refractivity contribution in [1.82, 2.24) is 9.88 Å². The molecule has 11 heteroatoms. The van der Waals surface area contributed by atoms with Gasteiger partial charge in [0.2, 0.25) is 0 Å². The second kappa shape index (κ2) is 12.0. The minimum absolute atomic E-state index is 0.00521. The van der Waals surface area contributed by atoms with Crippen LogP contribution in [0.15, 0.2) is 53.3 Å². The van der Waals surface area contributed by atoms with Crippen LogP contribution in [0.25, 0.3) is 11.1 Å². The Morgan fingerprint density at radius 1 is 1.08 bits per heavy atom. The highest BCUT2D eigenvalue weighted by Crippen LogP contribution is 2.36. The monoisotopic (exact) mass is 568 g/mol. The van der Waals surface area contributed by atoms with Gasteiger partial charge in [-0.05, 0) is 42.7 Å². The molecule has 0 saturated heterocycles. The van der Waals surface area contributed by atoms with E-state index in [0.717, 1.165) is 10.6 Å². The van der Waals surface area contributed by atoms with Gasteiger partial charge in [0.1, 0.15) is 6.04 Å². The van der Waals surface area contributed by atoms with Crippen molar-refractivity contribution in [2.75, 3.05) is 6.61 Å². The van der Waals surface area contributed by atoms with Crippen LogP contribution in [0.2, 0.25) is 10.0 Å². The number of ether oxygens (including phenoxy) is 1. The molecule has 0 spiro atoms. The predicted molar refractivity (Wildman–Crippen MR) is 140 cm³/mol. The number of alkyl halides is 3. The predicted octanol–water partition coefficient (Wildman–Crippen LogP) is 5.98. The molecule has 0 aliphatic heterocycles. The maximum atomic E-state index is 13.7. The Morgan fingerprint density at radius 3 is 2.24 bits per heavy atom. The van der Waals surface area contributed by atoms with E-state index in [1.807, 2.05) is 6.92 Å². The molecule has 3 rings (SSSR count). The highest BCUT2D eigenvalue weighted by Gasteiger charge is 2.36. The standard InChI is InChI=1S/C27H25Cl2F3N2O4/c1-4-12-38-26(37)21(33-24(35)23-19(28)6-5-7-20(23)29)14-16-8-10-17(11-9-16)22-18(27(30,31)32)13-15(2)34(3)25(22)36/h5-11,13,21H,4,12,14H2,1-3H3,(H,33,35)/t21-/m0/s1. The van der Waals surface area contributed by atoms with Gasteiger partial charge >= 0.3 is 12.1 Å². The zero-order valence-corrected chi connectivity index (χ0v) is 22.3. The van der Waals surface area contributed by atoms with Gasteiger partial charge < -0.3 is 14.6 Å². The summed E-state index contributed by atoms with van der Waals surface area (Å²) in [4.78, 5) is 38.4. The van der Waals surface area contributed by atoms with Gasteiger partial charge in [-0.15, -0.1) is 0 Å². The van der Waals surface area contributed by atoms with Gasteiger partial charge in [-0.1, -0.05) is 60.5 Å². The lowest BCUT2D eigenvalue weighted by atomic mass is 9.97. The molecule has 0 bridgehead atoms. The van der Waals surface area contributed by atoms with Gasteiger partial charge in [0.15, 0.2) is 0 Å². The summed E-state index contributed by atoms with van der Waals surface area (Å²) in [5.41, 5.74) is -1.54. The minimum Gasteiger partial charge on any atom is -0.464 e. The van der Waals surface area contributed by atoms with Crippen LogP contribution in [0.3, 0.4) is 0 Å². The normalized spacial score (nSPS) is 12.2. The first-order valence-electron chi connectivity index (χ1n) is 11.6. The van der Waals surface area contributed by atoms with Crippen LogP contribution in [0.1, 0.15) is 40.5 Å². The van der Waals surface area contributed by atoms with E-state index < -0.39 is 40.8 Å². The van der Waals surface area contributed by atoms with Gasteiger partial charge in [-0.25, -0.2) is 4.79 Å². The van der Waals surface area contributed by atoms with Crippen LogP contribution in [0, 0.1) is 6.92 Å². The molecule has 1 amide bonds. The molecular weight excluding hydrogens is 544 g/mol. The highest BCUT2D eigenvalue weighted by atomic mass is 35.5. The third-order valence-electron chi connectivity index (χ3n) is 5.89. The lowest BCUT2D eigenvalue weighted by Crippen LogP contribution is -2.43. The number of nitrogens with zero attached hydrogens (tertiary/aromatic N) is 1. The second-order valence-corrected chi connectivity index (χ2v) is 9.44. The number of carbonyl (C=O) groups is 2. The van der Waals surface area contributed by atoms with Crippen LogP contribution in [0.5, 0.6) is 0 Å². The zero-order chi connectivity index (χ0) is 28.2. The number of amides is 1. The summed E-state index contributed by atoms with van der Waals surface area (Å²) in [6.07, 6.45) is -4.20. The van der Waals surface area contributed by atoms with Crippen molar-refractivity contribution in [2.24, 2.45) is 7.05 Å². The molecule has 3 aromatic rings. The molecular formula is C27H25Cl2F3N2O4. The summed E-state index contributed by atoms with van der Waals surface area (Å²) >= 11 is 12.2. The van der Waals surface area contributed by atoms with Crippen molar-refractivity contribution in [3.63, 3.8) is 0 Å². The number of aromatic nitrogens is 1. The summed E-state index contributed by atoms with van der Waals surface area (Å²) in [6.45, 7) is 3.37. The molecule has 0 unspecified atom stereocenters. The first kappa shape index (κ1) is 29.3. The van der Waals surface area contributed by atoms with E-state index in [0.29, 0.717) is 12.0 Å². The largest absolute Gasteiger partial charge is 0.464 e. The van der Waals surface area contributed by atoms with Crippen LogP contribution in [-0.4, -0.2) is 29.1 Å². The molecule has 1 heterocycles. The van der Waals surface area contributed by atoms with Gasteiger partial charge in [0.25, 0.3) is 11.5 Å². The molecule has 202 valence electrons. The van der Waals surface area contributed by atoms with Crippen molar-refractivity contribution >= 4 is 35.1 Å². The lowest BCUT2D eigenvalue weighted by Gasteiger charge is -2.19. The van der Waals surface area contributed by atoms with Crippen LogP contribution < -0.4 is 10.9 Å². The number of nitrogens with one attached hydrogen (secondary N) is 1. The van der Waals surface area contributed by atoms with E-state index in [4.69, 9.17) is 27.9 Å². The fourth-order valence-corrected chi connectivity index (χ4v) is 4.38. The smallest absolute Gasteiger partial charge is 0.417 e. The van der Waals surface area contributed by atoms with Crippen molar-refractivity contribution < 1.29 is 27.5 Å². The van der Waals surface area contributed by atoms with Gasteiger partial charge in [-0.3, -0.25) is 9.59 Å². The van der Waals surface area contributed by atoms with E-state index in [2.05, 4.69) is 5.32 Å². The molecule has 1 N–H and O–H groups in total.